The second-order valence-electron chi connectivity index (χ2n) is 9.56. The molecule has 1 saturated heterocycles. The summed E-state index contributed by atoms with van der Waals surface area (Å²) in [5.41, 5.74) is 1.47. The summed E-state index contributed by atoms with van der Waals surface area (Å²) in [6.45, 7) is 9.66. The number of aromatic nitrogens is 2. The average Bonchev–Trinajstić information content (AvgIpc) is 3.20. The molecule has 0 spiro atoms. The van der Waals surface area contributed by atoms with Crippen molar-refractivity contribution >= 4 is 33.3 Å². The number of amides is 1. The van der Waals surface area contributed by atoms with Crippen molar-refractivity contribution in [3.8, 4) is 5.75 Å². The number of fused-ring (bicyclic) bond motifs is 3. The molecule has 1 aromatic carbocycles. The summed E-state index contributed by atoms with van der Waals surface area (Å²) in [5.74, 6) is 3.77. The molecule has 0 N–H and O–H groups in total. The molecule has 3 heterocycles. The van der Waals surface area contributed by atoms with Crippen LogP contribution in [0, 0.1) is 5.92 Å². The van der Waals surface area contributed by atoms with Crippen LogP contribution in [0.4, 0.5) is 5.82 Å². The molecular weight excluding hydrogens is 432 g/mol. The largest absolute Gasteiger partial charge is 0.484 e. The Morgan fingerprint density at radius 1 is 1.15 bits per heavy atom. The van der Waals surface area contributed by atoms with E-state index in [0.29, 0.717) is 13.1 Å². The summed E-state index contributed by atoms with van der Waals surface area (Å²) in [6.07, 6.45) is 3.49. The van der Waals surface area contributed by atoms with Crippen molar-refractivity contribution in [3.63, 3.8) is 0 Å². The van der Waals surface area contributed by atoms with Crippen LogP contribution in [-0.2, 0) is 17.6 Å². The lowest BCUT2D eigenvalue weighted by atomic mass is 9.89. The molecular formula is C26H32N4O2S. The lowest BCUT2D eigenvalue weighted by molar-refractivity contribution is -0.133. The molecule has 2 aromatic heterocycles. The van der Waals surface area contributed by atoms with Gasteiger partial charge in [0.05, 0.1) is 5.39 Å². The smallest absolute Gasteiger partial charge is 0.260 e. The minimum absolute atomic E-state index is 0.0381. The normalized spacial score (nSPS) is 18.6. The van der Waals surface area contributed by atoms with Gasteiger partial charge in [0.25, 0.3) is 5.91 Å². The molecule has 3 aromatic rings. The van der Waals surface area contributed by atoms with Crippen molar-refractivity contribution in [2.24, 2.45) is 5.92 Å². The van der Waals surface area contributed by atoms with Crippen LogP contribution in [0.2, 0.25) is 0 Å². The van der Waals surface area contributed by atoms with Gasteiger partial charge in [0.1, 0.15) is 22.2 Å². The van der Waals surface area contributed by atoms with Gasteiger partial charge in [-0.2, -0.15) is 0 Å². The summed E-state index contributed by atoms with van der Waals surface area (Å²) in [6, 6.07) is 9.51. The SMILES string of the molecule is CC(C)c1nc(N2CCN(C(=O)COc3ccccc3)CC2)c2c3c(sc2n1)C[C@@H](C)CC3. The van der Waals surface area contributed by atoms with Crippen LogP contribution >= 0.6 is 11.3 Å². The third-order valence-corrected chi connectivity index (χ3v) is 7.86. The van der Waals surface area contributed by atoms with Crippen LogP contribution in [0.5, 0.6) is 5.75 Å². The fourth-order valence-electron chi connectivity index (χ4n) is 4.75. The summed E-state index contributed by atoms with van der Waals surface area (Å²) in [4.78, 5) is 29.6. The van der Waals surface area contributed by atoms with Crippen molar-refractivity contribution in [3.05, 3.63) is 46.6 Å². The Labute approximate surface area is 199 Å². The predicted molar refractivity (Wildman–Crippen MR) is 133 cm³/mol. The number of ether oxygens (including phenoxy) is 1. The summed E-state index contributed by atoms with van der Waals surface area (Å²) in [7, 11) is 0. The van der Waals surface area contributed by atoms with Gasteiger partial charge in [-0.05, 0) is 42.9 Å². The maximum atomic E-state index is 12.7. The van der Waals surface area contributed by atoms with Crippen LogP contribution in [-0.4, -0.2) is 53.6 Å². The number of piperazine rings is 1. The van der Waals surface area contributed by atoms with Crippen molar-refractivity contribution in [1.29, 1.82) is 0 Å². The van der Waals surface area contributed by atoms with E-state index < -0.39 is 0 Å². The van der Waals surface area contributed by atoms with E-state index in [0.717, 1.165) is 54.1 Å². The first-order valence-electron chi connectivity index (χ1n) is 12.0. The Bertz CT molecular complexity index is 1140. The molecule has 1 fully saturated rings. The van der Waals surface area contributed by atoms with Crippen LogP contribution in [0.3, 0.4) is 0 Å². The zero-order chi connectivity index (χ0) is 22.9. The Morgan fingerprint density at radius 2 is 1.91 bits per heavy atom. The molecule has 1 aliphatic carbocycles. The van der Waals surface area contributed by atoms with E-state index in [1.807, 2.05) is 46.6 Å². The first kappa shape index (κ1) is 22.1. The minimum Gasteiger partial charge on any atom is -0.484 e. The van der Waals surface area contributed by atoms with Crippen LogP contribution in [0.1, 0.15) is 49.4 Å². The van der Waals surface area contributed by atoms with Crippen LogP contribution in [0.15, 0.2) is 30.3 Å². The van der Waals surface area contributed by atoms with Gasteiger partial charge in [0, 0.05) is 37.0 Å². The number of nitrogens with zero attached hydrogens (tertiary/aromatic N) is 4. The second-order valence-corrected chi connectivity index (χ2v) is 10.6. The highest BCUT2D eigenvalue weighted by molar-refractivity contribution is 7.19. The average molecular weight is 465 g/mol. The Hall–Kier alpha value is -2.67. The highest BCUT2D eigenvalue weighted by atomic mass is 32.1. The summed E-state index contributed by atoms with van der Waals surface area (Å²) in [5, 5.41) is 1.26. The van der Waals surface area contributed by atoms with Crippen molar-refractivity contribution in [2.75, 3.05) is 37.7 Å². The molecule has 0 unspecified atom stereocenters. The Morgan fingerprint density at radius 3 is 2.64 bits per heavy atom. The molecule has 174 valence electrons. The number of aryl methyl sites for hydroxylation is 1. The molecule has 1 atom stereocenters. The number of hydrogen-bond acceptors (Lipinski definition) is 6. The zero-order valence-corrected chi connectivity index (χ0v) is 20.5. The second kappa shape index (κ2) is 9.29. The number of hydrogen-bond donors (Lipinski definition) is 0. The van der Waals surface area contributed by atoms with Gasteiger partial charge in [-0.25, -0.2) is 9.97 Å². The van der Waals surface area contributed by atoms with E-state index in [4.69, 9.17) is 14.7 Å². The minimum atomic E-state index is 0.0381. The number of rotatable bonds is 5. The third kappa shape index (κ3) is 4.56. The summed E-state index contributed by atoms with van der Waals surface area (Å²) < 4.78 is 5.67. The summed E-state index contributed by atoms with van der Waals surface area (Å²) >= 11 is 1.86. The molecule has 0 bridgehead atoms. The fourth-order valence-corrected chi connectivity index (χ4v) is 6.13. The quantitative estimate of drug-likeness (QED) is 0.549. The zero-order valence-electron chi connectivity index (χ0n) is 19.7. The van der Waals surface area contributed by atoms with E-state index >= 15 is 0 Å². The van der Waals surface area contributed by atoms with Gasteiger partial charge in [-0.3, -0.25) is 4.79 Å². The number of para-hydroxylation sites is 1. The van der Waals surface area contributed by atoms with Gasteiger partial charge >= 0.3 is 0 Å². The van der Waals surface area contributed by atoms with Crippen LogP contribution in [0.25, 0.3) is 10.2 Å². The monoisotopic (exact) mass is 464 g/mol. The standard InChI is InChI=1S/C26H32N4O2S/c1-17(2)24-27-25(23-20-10-9-18(3)15-21(20)33-26(23)28-24)30-13-11-29(12-14-30)22(31)16-32-19-7-5-4-6-8-19/h4-8,17-18H,9-16H2,1-3H3/t18-/m0/s1. The lowest BCUT2D eigenvalue weighted by Gasteiger charge is -2.36. The van der Waals surface area contributed by atoms with Crippen LogP contribution < -0.4 is 9.64 Å². The maximum absolute atomic E-state index is 12.7. The number of thiophene rings is 1. The molecule has 0 saturated carbocycles. The molecule has 1 aliphatic heterocycles. The molecule has 1 amide bonds. The highest BCUT2D eigenvalue weighted by Crippen LogP contribution is 2.41. The van der Waals surface area contributed by atoms with E-state index in [1.54, 1.807) is 0 Å². The molecule has 0 radical (unpaired) electrons. The van der Waals surface area contributed by atoms with E-state index in [-0.39, 0.29) is 18.4 Å². The third-order valence-electron chi connectivity index (χ3n) is 6.71. The van der Waals surface area contributed by atoms with E-state index in [2.05, 4.69) is 25.7 Å². The number of carbonyl (C=O) groups excluding carboxylic acids is 1. The Balaban J connectivity index is 1.34. The first-order chi connectivity index (χ1) is 16.0. The number of carbonyl (C=O) groups is 1. The van der Waals surface area contributed by atoms with Gasteiger partial charge in [-0.1, -0.05) is 39.0 Å². The van der Waals surface area contributed by atoms with Gasteiger partial charge in [0.15, 0.2) is 6.61 Å². The molecule has 7 heteroatoms. The van der Waals surface area contributed by atoms with Gasteiger partial charge in [-0.15, -0.1) is 11.3 Å². The highest BCUT2D eigenvalue weighted by Gasteiger charge is 2.29. The first-order valence-corrected chi connectivity index (χ1v) is 12.8. The van der Waals surface area contributed by atoms with Crippen molar-refractivity contribution in [1.82, 2.24) is 14.9 Å². The van der Waals surface area contributed by atoms with Gasteiger partial charge in [0.2, 0.25) is 0 Å². The number of anilines is 1. The van der Waals surface area contributed by atoms with E-state index in [1.165, 1.54) is 22.2 Å². The molecule has 2 aliphatic rings. The van der Waals surface area contributed by atoms with Crippen molar-refractivity contribution < 1.29 is 9.53 Å². The predicted octanol–water partition coefficient (Wildman–Crippen LogP) is 4.67. The topological polar surface area (TPSA) is 58.6 Å². The van der Waals surface area contributed by atoms with Gasteiger partial charge < -0.3 is 14.5 Å². The molecule has 5 rings (SSSR count). The number of benzene rings is 1. The Kier molecular flexibility index (Phi) is 6.23. The maximum Gasteiger partial charge on any atom is 0.260 e. The molecule has 6 nitrogen and oxygen atoms in total. The van der Waals surface area contributed by atoms with E-state index in [9.17, 15) is 4.79 Å². The molecule has 33 heavy (non-hydrogen) atoms. The van der Waals surface area contributed by atoms with Crippen molar-refractivity contribution in [2.45, 2.75) is 46.0 Å². The fraction of sp³-hybridized carbons (Fsp3) is 0.500. The lowest BCUT2D eigenvalue weighted by Crippen LogP contribution is -2.50.